The number of nitrogens with zero attached hydrogens (tertiary/aromatic N) is 6. The summed E-state index contributed by atoms with van der Waals surface area (Å²) in [5.74, 6) is -3.95. The molecule has 0 saturated carbocycles. The Morgan fingerprint density at radius 1 is 1.11 bits per heavy atom. The van der Waals surface area contributed by atoms with Gasteiger partial charge in [0.25, 0.3) is 0 Å². The standard InChI is InChI=1S/C36H42F7N7O5/c1-17-25(36(41,42)43)22(11-23(44)26(17)39)28-27(40)29-24-30(47-32(46-29)53-16-35-8-5-9-48(35)14-18(38)12-35)49(52)15-20-7-6-19(10-21(13-37)54-31(24)45-28)50(20)33(51)55-34(2,3)4/h11,18-21,52H,5-10,12-16,44H2,1-4H3/t18-,19+,20-,21?,35+/m1/s1. The molecule has 1 unspecified atom stereocenters. The number of hydrogen-bond donors (Lipinski definition) is 2. The number of hydroxylamine groups is 1. The molecule has 2 aromatic heterocycles. The van der Waals surface area contributed by atoms with Crippen molar-refractivity contribution in [3.05, 3.63) is 28.8 Å². The smallest absolute Gasteiger partial charge is 0.417 e. The number of benzene rings is 1. The summed E-state index contributed by atoms with van der Waals surface area (Å²) in [6, 6.07) is -1.35. The molecular formula is C36H42F7N7O5. The number of carbonyl (C=O) groups excluding carboxylic acids is 1. The van der Waals surface area contributed by atoms with Crippen molar-refractivity contribution in [3.63, 3.8) is 0 Å². The summed E-state index contributed by atoms with van der Waals surface area (Å²) in [6.07, 6.45) is -6.44. The van der Waals surface area contributed by atoms with Crippen molar-refractivity contribution >= 4 is 28.5 Å². The lowest BCUT2D eigenvalue weighted by Crippen LogP contribution is -2.49. The average molecular weight is 786 g/mol. The molecule has 5 atom stereocenters. The number of pyridine rings is 1. The number of carbonyl (C=O) groups is 1. The van der Waals surface area contributed by atoms with Crippen LogP contribution in [0.2, 0.25) is 0 Å². The van der Waals surface area contributed by atoms with E-state index in [0.29, 0.717) is 36.9 Å². The first kappa shape index (κ1) is 38.9. The van der Waals surface area contributed by atoms with Crippen molar-refractivity contribution in [3.8, 4) is 23.1 Å². The molecule has 300 valence electrons. The molecule has 3 N–H and O–H groups in total. The molecule has 6 heterocycles. The first-order chi connectivity index (χ1) is 25.8. The van der Waals surface area contributed by atoms with Gasteiger partial charge in [-0.15, -0.1) is 0 Å². The molecule has 3 saturated heterocycles. The van der Waals surface area contributed by atoms with E-state index in [-0.39, 0.29) is 32.5 Å². The number of amides is 1. The van der Waals surface area contributed by atoms with Gasteiger partial charge in [0.1, 0.15) is 53.6 Å². The molecule has 0 spiro atoms. The summed E-state index contributed by atoms with van der Waals surface area (Å²) in [7, 11) is 0. The fraction of sp³-hybridized carbons (Fsp3) is 0.611. The lowest BCUT2D eigenvalue weighted by Gasteiger charge is -2.34. The number of alkyl halides is 5. The number of nitrogens with two attached hydrogens (primary N) is 1. The van der Waals surface area contributed by atoms with Gasteiger partial charge in [0.2, 0.25) is 5.88 Å². The second-order valence-corrected chi connectivity index (χ2v) is 15.8. The second kappa shape index (κ2) is 14.0. The zero-order chi connectivity index (χ0) is 39.8. The minimum atomic E-state index is -5.22. The van der Waals surface area contributed by atoms with E-state index in [1.807, 2.05) is 4.90 Å². The van der Waals surface area contributed by atoms with Crippen LogP contribution in [0.4, 0.5) is 47.0 Å². The Kier molecular flexibility index (Phi) is 9.87. The first-order valence-electron chi connectivity index (χ1n) is 18.1. The van der Waals surface area contributed by atoms with Gasteiger partial charge in [-0.25, -0.2) is 32.4 Å². The number of halogens is 7. The third kappa shape index (κ3) is 7.13. The minimum absolute atomic E-state index is 0.140. The van der Waals surface area contributed by atoms with Gasteiger partial charge in [-0.05, 0) is 71.6 Å². The Bertz CT molecular complexity index is 2000. The highest BCUT2D eigenvalue weighted by Gasteiger charge is 2.50. The van der Waals surface area contributed by atoms with Crippen molar-refractivity contribution < 1.29 is 54.9 Å². The highest BCUT2D eigenvalue weighted by atomic mass is 19.4. The number of ether oxygens (including phenoxy) is 3. The summed E-state index contributed by atoms with van der Waals surface area (Å²) in [5, 5.41) is 11.9. The van der Waals surface area contributed by atoms with Crippen molar-refractivity contribution in [1.29, 1.82) is 0 Å². The molecular weight excluding hydrogens is 743 g/mol. The molecule has 3 aromatic rings. The second-order valence-electron chi connectivity index (χ2n) is 15.8. The summed E-state index contributed by atoms with van der Waals surface area (Å²) in [4.78, 5) is 29.6. The maximum absolute atomic E-state index is 17.0. The van der Waals surface area contributed by atoms with Crippen LogP contribution < -0.4 is 20.3 Å². The summed E-state index contributed by atoms with van der Waals surface area (Å²) in [6.45, 7) is 5.00. The number of hydrogen-bond acceptors (Lipinski definition) is 11. The van der Waals surface area contributed by atoms with Crippen LogP contribution in [0.1, 0.15) is 70.4 Å². The van der Waals surface area contributed by atoms with Crippen LogP contribution >= 0.6 is 0 Å². The van der Waals surface area contributed by atoms with Crippen LogP contribution in [0.3, 0.4) is 0 Å². The van der Waals surface area contributed by atoms with Gasteiger partial charge in [0, 0.05) is 31.0 Å². The molecule has 1 amide bonds. The maximum atomic E-state index is 17.0. The summed E-state index contributed by atoms with van der Waals surface area (Å²) >= 11 is 0. The van der Waals surface area contributed by atoms with Crippen molar-refractivity contribution in [2.24, 2.45) is 0 Å². The van der Waals surface area contributed by atoms with E-state index in [1.165, 1.54) is 4.90 Å². The zero-order valence-electron chi connectivity index (χ0n) is 30.7. The van der Waals surface area contributed by atoms with Gasteiger partial charge in [0.15, 0.2) is 11.6 Å². The van der Waals surface area contributed by atoms with E-state index in [4.69, 9.17) is 19.9 Å². The third-order valence-corrected chi connectivity index (χ3v) is 10.8. The molecule has 4 aliphatic rings. The predicted octanol–water partition coefficient (Wildman–Crippen LogP) is 6.92. The van der Waals surface area contributed by atoms with E-state index in [0.717, 1.165) is 13.3 Å². The van der Waals surface area contributed by atoms with Crippen LogP contribution in [0.15, 0.2) is 6.07 Å². The monoisotopic (exact) mass is 785 g/mol. The number of nitrogen functional groups attached to an aromatic ring is 1. The third-order valence-electron chi connectivity index (χ3n) is 10.8. The van der Waals surface area contributed by atoms with E-state index in [2.05, 4.69) is 15.0 Å². The quantitative estimate of drug-likeness (QED) is 0.206. The van der Waals surface area contributed by atoms with Crippen LogP contribution in [0.25, 0.3) is 22.2 Å². The largest absolute Gasteiger partial charge is 0.471 e. The molecule has 55 heavy (non-hydrogen) atoms. The molecule has 1 aromatic carbocycles. The van der Waals surface area contributed by atoms with Gasteiger partial charge in [-0.3, -0.25) is 10.1 Å². The highest BCUT2D eigenvalue weighted by molar-refractivity contribution is 5.97. The number of aromatic nitrogens is 3. The Morgan fingerprint density at radius 3 is 2.53 bits per heavy atom. The molecule has 7 rings (SSSR count). The van der Waals surface area contributed by atoms with Gasteiger partial charge < -0.3 is 24.8 Å². The molecule has 0 aliphatic carbocycles. The van der Waals surface area contributed by atoms with Gasteiger partial charge in [-0.2, -0.15) is 23.1 Å². The topological polar surface area (TPSA) is 139 Å². The highest BCUT2D eigenvalue weighted by Crippen LogP contribution is 2.46. The Balaban J connectivity index is 1.43. The van der Waals surface area contributed by atoms with E-state index in [9.17, 15) is 36.3 Å². The normalized spacial score (nSPS) is 25.9. The minimum Gasteiger partial charge on any atom is -0.471 e. The van der Waals surface area contributed by atoms with E-state index < -0.39 is 123 Å². The number of anilines is 2. The Hall–Kier alpha value is -4.39. The lowest BCUT2D eigenvalue weighted by molar-refractivity contribution is -0.137. The van der Waals surface area contributed by atoms with E-state index >= 15 is 4.39 Å². The number of rotatable bonds is 5. The Morgan fingerprint density at radius 2 is 1.84 bits per heavy atom. The molecule has 2 bridgehead atoms. The van der Waals surface area contributed by atoms with Gasteiger partial charge in [-0.1, -0.05) is 0 Å². The fourth-order valence-electron chi connectivity index (χ4n) is 8.51. The van der Waals surface area contributed by atoms with E-state index in [1.54, 1.807) is 20.8 Å². The number of fused-ring (bicyclic) bond motifs is 3. The first-order valence-corrected chi connectivity index (χ1v) is 18.1. The zero-order valence-corrected chi connectivity index (χ0v) is 30.7. The molecule has 19 heteroatoms. The lowest BCUT2D eigenvalue weighted by atomic mass is 9.95. The van der Waals surface area contributed by atoms with Crippen molar-refractivity contribution in [2.45, 2.75) is 108 Å². The Labute approximate surface area is 311 Å². The molecule has 12 nitrogen and oxygen atoms in total. The summed E-state index contributed by atoms with van der Waals surface area (Å²) in [5.41, 5.74) is -1.79. The van der Waals surface area contributed by atoms with Crippen LogP contribution in [0.5, 0.6) is 11.9 Å². The SMILES string of the molecule is Cc1c(F)c(N)cc(-c2nc3c4c(nc(OC[C@@]56CCCN5C[C@H](F)C6)nc4c2F)N(O)C[C@H]2CC[C@@H](CC(CF)O3)N2C(=O)OC(C)(C)C)c1C(F)(F)F. The maximum Gasteiger partial charge on any atom is 0.417 e. The van der Waals surface area contributed by atoms with Crippen LogP contribution in [-0.2, 0) is 10.9 Å². The summed E-state index contributed by atoms with van der Waals surface area (Å²) < 4.78 is 123. The van der Waals surface area contributed by atoms with Crippen LogP contribution in [0, 0.1) is 18.6 Å². The van der Waals surface area contributed by atoms with Crippen molar-refractivity contribution in [1.82, 2.24) is 24.8 Å². The van der Waals surface area contributed by atoms with Crippen LogP contribution in [-0.4, -0.2) is 104 Å². The molecule has 4 aliphatic heterocycles. The van der Waals surface area contributed by atoms with Gasteiger partial charge >= 0.3 is 18.3 Å². The van der Waals surface area contributed by atoms with Gasteiger partial charge in [0.05, 0.1) is 29.4 Å². The molecule has 0 radical (unpaired) electrons. The molecule has 3 fully saturated rings. The van der Waals surface area contributed by atoms with Crippen molar-refractivity contribution in [2.75, 3.05) is 43.7 Å². The predicted molar refractivity (Wildman–Crippen MR) is 184 cm³/mol. The average Bonchev–Trinajstić information content (AvgIpc) is 3.76. The fourth-order valence-corrected chi connectivity index (χ4v) is 8.51.